The Bertz CT molecular complexity index is 657. The fraction of sp³-hybridized carbons (Fsp3) is 0.154. The van der Waals surface area contributed by atoms with E-state index in [1.54, 1.807) is 25.4 Å². The first-order valence-corrected chi connectivity index (χ1v) is 7.52. The number of thiazole rings is 1. The first-order valence-electron chi connectivity index (χ1n) is 5.91. The highest BCUT2D eigenvalue weighted by atomic mass is 79.9. The molecule has 2 N–H and O–H groups in total. The van der Waals surface area contributed by atoms with Gasteiger partial charge in [-0.3, -0.25) is 5.32 Å². The Morgan fingerprint density at radius 1 is 1.38 bits per heavy atom. The van der Waals surface area contributed by atoms with Crippen molar-refractivity contribution in [1.82, 2.24) is 9.88 Å². The third kappa shape index (κ3) is 4.27. The van der Waals surface area contributed by atoms with Gasteiger partial charge in [-0.2, -0.15) is 0 Å². The van der Waals surface area contributed by atoms with Crippen LogP contribution in [0.3, 0.4) is 0 Å². The quantitative estimate of drug-likeness (QED) is 0.866. The molecule has 1 heterocycles. The molecule has 0 atom stereocenters. The highest BCUT2D eigenvalue weighted by molar-refractivity contribution is 9.11. The van der Waals surface area contributed by atoms with Gasteiger partial charge in [0.2, 0.25) is 0 Å². The van der Waals surface area contributed by atoms with Crippen LogP contribution >= 0.6 is 27.3 Å². The molecular formula is C13H12BrN3O3S. The number of nitrogens with one attached hydrogen (secondary N) is 1. The lowest BCUT2D eigenvalue weighted by atomic mass is 10.1. The molecule has 21 heavy (non-hydrogen) atoms. The second-order valence-corrected chi connectivity index (χ2v) is 6.67. The maximum Gasteiger partial charge on any atom is 0.335 e. The molecule has 0 fully saturated rings. The summed E-state index contributed by atoms with van der Waals surface area (Å²) >= 11 is 4.60. The van der Waals surface area contributed by atoms with Gasteiger partial charge in [0.15, 0.2) is 5.13 Å². The van der Waals surface area contributed by atoms with Crippen LogP contribution in [0.15, 0.2) is 34.2 Å². The number of hydrogen-bond donors (Lipinski definition) is 2. The van der Waals surface area contributed by atoms with Gasteiger partial charge in [-0.25, -0.2) is 14.6 Å². The van der Waals surface area contributed by atoms with E-state index >= 15 is 0 Å². The topological polar surface area (TPSA) is 82.5 Å². The van der Waals surface area contributed by atoms with Gasteiger partial charge in [0.25, 0.3) is 0 Å². The summed E-state index contributed by atoms with van der Waals surface area (Å²) in [5.41, 5.74) is 1.07. The highest BCUT2D eigenvalue weighted by Crippen LogP contribution is 2.23. The number of carboxylic acid groups (broad SMARTS) is 1. The number of aromatic carboxylic acids is 1. The molecular weight excluding hydrogens is 358 g/mol. The van der Waals surface area contributed by atoms with Crippen molar-refractivity contribution in [3.8, 4) is 0 Å². The van der Waals surface area contributed by atoms with Gasteiger partial charge in [0.1, 0.15) is 0 Å². The van der Waals surface area contributed by atoms with Gasteiger partial charge in [-0.05, 0) is 33.6 Å². The number of aromatic nitrogens is 1. The third-order valence-electron chi connectivity index (χ3n) is 2.66. The van der Waals surface area contributed by atoms with Crippen molar-refractivity contribution in [3.63, 3.8) is 0 Å². The lowest BCUT2D eigenvalue weighted by Gasteiger charge is -2.17. The van der Waals surface area contributed by atoms with Crippen molar-refractivity contribution in [2.45, 2.75) is 6.54 Å². The zero-order valence-corrected chi connectivity index (χ0v) is 13.4. The molecule has 0 spiro atoms. The number of rotatable bonds is 4. The monoisotopic (exact) mass is 369 g/mol. The fourth-order valence-corrected chi connectivity index (χ4v) is 2.69. The van der Waals surface area contributed by atoms with E-state index in [2.05, 4.69) is 26.2 Å². The number of benzene rings is 1. The van der Waals surface area contributed by atoms with E-state index in [0.29, 0.717) is 11.7 Å². The number of nitrogens with zero attached hydrogens (tertiary/aromatic N) is 2. The van der Waals surface area contributed by atoms with Crippen LogP contribution in [0.5, 0.6) is 0 Å². The van der Waals surface area contributed by atoms with E-state index < -0.39 is 5.97 Å². The number of carbonyl (C=O) groups is 2. The van der Waals surface area contributed by atoms with Gasteiger partial charge in [0, 0.05) is 13.6 Å². The number of halogens is 1. The van der Waals surface area contributed by atoms with Gasteiger partial charge >= 0.3 is 12.0 Å². The number of hydrogen-bond acceptors (Lipinski definition) is 4. The maximum absolute atomic E-state index is 12.0. The van der Waals surface area contributed by atoms with Gasteiger partial charge in [-0.1, -0.05) is 23.5 Å². The van der Waals surface area contributed by atoms with Crippen molar-refractivity contribution in [1.29, 1.82) is 0 Å². The summed E-state index contributed by atoms with van der Waals surface area (Å²) in [5, 5.41) is 12.0. The Morgan fingerprint density at radius 3 is 2.57 bits per heavy atom. The summed E-state index contributed by atoms with van der Waals surface area (Å²) in [6.45, 7) is 0.373. The second kappa shape index (κ2) is 6.68. The van der Waals surface area contributed by atoms with Crippen molar-refractivity contribution in [2.75, 3.05) is 12.4 Å². The minimum absolute atomic E-state index is 0.221. The van der Waals surface area contributed by atoms with Crippen LogP contribution in [0.25, 0.3) is 0 Å². The van der Waals surface area contributed by atoms with E-state index in [1.165, 1.54) is 28.4 Å². The number of urea groups is 1. The molecule has 0 aliphatic heterocycles. The number of amides is 2. The fourth-order valence-electron chi connectivity index (χ4n) is 1.60. The molecule has 2 amide bonds. The zero-order chi connectivity index (χ0) is 15.4. The van der Waals surface area contributed by atoms with Gasteiger partial charge < -0.3 is 10.0 Å². The Balaban J connectivity index is 1.95. The summed E-state index contributed by atoms with van der Waals surface area (Å²) in [6, 6.07) is 6.13. The first kappa shape index (κ1) is 15.5. The smallest absolute Gasteiger partial charge is 0.335 e. The molecule has 6 nitrogen and oxygen atoms in total. The molecule has 0 saturated carbocycles. The van der Waals surface area contributed by atoms with Crippen LogP contribution in [-0.4, -0.2) is 34.0 Å². The molecule has 1 aromatic heterocycles. The standard InChI is InChI=1S/C13H12BrN3O3S/c1-17(13(20)16-12-15-6-10(14)21-12)7-8-2-4-9(5-3-8)11(18)19/h2-6H,7H2,1H3,(H,18,19)(H,15,16,20). The average Bonchev–Trinajstić information content (AvgIpc) is 2.84. The average molecular weight is 370 g/mol. The van der Waals surface area contributed by atoms with Crippen molar-refractivity contribution >= 4 is 44.4 Å². The van der Waals surface area contributed by atoms with E-state index in [1.807, 2.05) is 0 Å². The molecule has 0 bridgehead atoms. The summed E-state index contributed by atoms with van der Waals surface area (Å²) in [7, 11) is 1.66. The van der Waals surface area contributed by atoms with Crippen molar-refractivity contribution < 1.29 is 14.7 Å². The summed E-state index contributed by atoms with van der Waals surface area (Å²) in [6.07, 6.45) is 1.62. The van der Waals surface area contributed by atoms with Gasteiger partial charge in [-0.15, -0.1) is 0 Å². The van der Waals surface area contributed by atoms with Crippen molar-refractivity contribution in [3.05, 3.63) is 45.4 Å². The Labute approximate surface area is 133 Å². The van der Waals surface area contributed by atoms with Crippen LogP contribution in [-0.2, 0) is 6.54 Å². The van der Waals surface area contributed by atoms with Crippen LogP contribution in [0.4, 0.5) is 9.93 Å². The molecule has 2 aromatic rings. The van der Waals surface area contributed by atoms with Crippen LogP contribution in [0, 0.1) is 0 Å². The summed E-state index contributed by atoms with van der Waals surface area (Å²) < 4.78 is 0.838. The lowest BCUT2D eigenvalue weighted by Crippen LogP contribution is -2.30. The highest BCUT2D eigenvalue weighted by Gasteiger charge is 2.11. The second-order valence-electron chi connectivity index (χ2n) is 4.26. The summed E-state index contributed by atoms with van der Waals surface area (Å²) in [5.74, 6) is -0.970. The van der Waals surface area contributed by atoms with Crippen molar-refractivity contribution in [2.24, 2.45) is 0 Å². The number of carbonyl (C=O) groups excluding carboxylic acids is 1. The molecule has 0 aliphatic rings. The molecule has 0 unspecified atom stereocenters. The van der Waals surface area contributed by atoms with E-state index in [0.717, 1.165) is 9.35 Å². The molecule has 8 heteroatoms. The normalized spacial score (nSPS) is 10.2. The predicted molar refractivity (Wildman–Crippen MR) is 83.7 cm³/mol. The Kier molecular flexibility index (Phi) is 4.92. The van der Waals surface area contributed by atoms with Crippen LogP contribution in [0.1, 0.15) is 15.9 Å². The molecule has 2 rings (SSSR count). The largest absolute Gasteiger partial charge is 0.478 e. The minimum atomic E-state index is -0.970. The van der Waals surface area contributed by atoms with E-state index in [4.69, 9.17) is 5.11 Å². The minimum Gasteiger partial charge on any atom is -0.478 e. The molecule has 0 aliphatic carbocycles. The third-order valence-corrected chi connectivity index (χ3v) is 4.05. The molecule has 0 radical (unpaired) electrons. The van der Waals surface area contributed by atoms with Gasteiger partial charge in [0.05, 0.1) is 15.5 Å². The number of anilines is 1. The van der Waals surface area contributed by atoms with E-state index in [-0.39, 0.29) is 11.6 Å². The SMILES string of the molecule is CN(Cc1ccc(C(=O)O)cc1)C(=O)Nc1ncc(Br)s1. The lowest BCUT2D eigenvalue weighted by molar-refractivity contribution is 0.0697. The maximum atomic E-state index is 12.0. The summed E-state index contributed by atoms with van der Waals surface area (Å²) in [4.78, 5) is 28.3. The first-order chi connectivity index (χ1) is 9.95. The Hall–Kier alpha value is -1.93. The van der Waals surface area contributed by atoms with Crippen LogP contribution < -0.4 is 5.32 Å². The van der Waals surface area contributed by atoms with E-state index in [9.17, 15) is 9.59 Å². The van der Waals surface area contributed by atoms with Crippen LogP contribution in [0.2, 0.25) is 0 Å². The molecule has 1 aromatic carbocycles. The Morgan fingerprint density at radius 2 is 2.05 bits per heavy atom. The number of carboxylic acids is 1. The zero-order valence-electron chi connectivity index (χ0n) is 11.0. The molecule has 0 saturated heterocycles. The predicted octanol–water partition coefficient (Wildman–Crippen LogP) is 3.27. The molecule has 110 valence electrons.